The molecule has 0 aromatic heterocycles. The van der Waals surface area contributed by atoms with Crippen LogP contribution in [0.4, 0.5) is 0 Å². The van der Waals surface area contributed by atoms with Gasteiger partial charge in [-0.3, -0.25) is 14.2 Å². The Hall–Kier alpha value is -2.47. The summed E-state index contributed by atoms with van der Waals surface area (Å²) in [7, 11) is -2.43. The topological polar surface area (TPSA) is 90.9 Å². The van der Waals surface area contributed by atoms with Gasteiger partial charge in [-0.25, -0.2) is 0 Å². The maximum Gasteiger partial charge on any atom is 0.360 e. The SMILES string of the molecule is CCOP(=O)(OCC)[C@@H](NC(=O)c1ccc(OC)cc1)C(=O)c1ccccc1. The van der Waals surface area contributed by atoms with Crippen molar-refractivity contribution in [3.05, 3.63) is 65.7 Å². The molecule has 1 N–H and O–H groups in total. The lowest BCUT2D eigenvalue weighted by molar-refractivity contribution is 0.0865. The molecule has 0 aliphatic carbocycles. The molecule has 0 saturated carbocycles. The van der Waals surface area contributed by atoms with Gasteiger partial charge in [0.25, 0.3) is 5.91 Å². The molecule has 2 aromatic rings. The molecule has 0 fully saturated rings. The van der Waals surface area contributed by atoms with Crippen LogP contribution in [0.1, 0.15) is 34.6 Å². The van der Waals surface area contributed by atoms with Gasteiger partial charge in [0.1, 0.15) is 5.75 Å². The van der Waals surface area contributed by atoms with Gasteiger partial charge in [-0.1, -0.05) is 30.3 Å². The van der Waals surface area contributed by atoms with Crippen molar-refractivity contribution in [1.29, 1.82) is 0 Å². The number of Topliss-reactive ketones (excluding diaryl/α,β-unsaturated/α-hetero) is 1. The number of ketones is 1. The molecule has 0 heterocycles. The van der Waals surface area contributed by atoms with E-state index < -0.39 is 25.1 Å². The van der Waals surface area contributed by atoms with Crippen LogP contribution in [0.25, 0.3) is 0 Å². The first-order chi connectivity index (χ1) is 13.4. The second-order valence-electron chi connectivity index (χ2n) is 5.71. The number of hydrogen-bond donors (Lipinski definition) is 1. The van der Waals surface area contributed by atoms with E-state index >= 15 is 0 Å². The van der Waals surface area contributed by atoms with Gasteiger partial charge < -0.3 is 19.1 Å². The number of methoxy groups -OCH3 is 1. The Morgan fingerprint density at radius 1 is 0.929 bits per heavy atom. The third-order valence-electron chi connectivity index (χ3n) is 3.86. The quantitative estimate of drug-likeness (QED) is 0.476. The molecule has 0 radical (unpaired) electrons. The molecular formula is C20H24NO6P. The van der Waals surface area contributed by atoms with Crippen molar-refractivity contribution in [3.63, 3.8) is 0 Å². The van der Waals surface area contributed by atoms with Crippen molar-refractivity contribution in [1.82, 2.24) is 5.32 Å². The predicted octanol–water partition coefficient (Wildman–Crippen LogP) is 3.90. The Bertz CT molecular complexity index is 828. The van der Waals surface area contributed by atoms with Gasteiger partial charge in [0, 0.05) is 11.1 Å². The molecule has 0 spiro atoms. The first kappa shape index (κ1) is 21.8. The number of hydrogen-bond acceptors (Lipinski definition) is 6. The molecule has 1 amide bonds. The van der Waals surface area contributed by atoms with E-state index in [9.17, 15) is 14.2 Å². The molecule has 0 aliphatic heterocycles. The summed E-state index contributed by atoms with van der Waals surface area (Å²) in [5, 5.41) is 2.54. The average Bonchev–Trinajstić information content (AvgIpc) is 2.72. The Balaban J connectivity index is 2.37. The van der Waals surface area contributed by atoms with Crippen LogP contribution in [-0.4, -0.2) is 37.8 Å². The molecule has 8 heteroatoms. The molecule has 1 atom stereocenters. The molecule has 0 unspecified atom stereocenters. The van der Waals surface area contributed by atoms with Crippen LogP contribution in [-0.2, 0) is 13.6 Å². The van der Waals surface area contributed by atoms with E-state index in [0.29, 0.717) is 11.3 Å². The van der Waals surface area contributed by atoms with Crippen molar-refractivity contribution in [3.8, 4) is 5.75 Å². The number of amides is 1. The minimum atomic E-state index is -3.95. The van der Waals surface area contributed by atoms with Gasteiger partial charge in [-0.15, -0.1) is 0 Å². The van der Waals surface area contributed by atoms with Crippen LogP contribution < -0.4 is 10.1 Å². The number of nitrogens with one attached hydrogen (secondary N) is 1. The zero-order chi connectivity index (χ0) is 20.6. The van der Waals surface area contributed by atoms with Gasteiger partial charge in [-0.05, 0) is 38.1 Å². The normalized spacial score (nSPS) is 12.2. The standard InChI is InChI=1S/C20H24NO6P/c1-4-26-28(24,27-5-2)20(18(22)15-9-7-6-8-10-15)21-19(23)16-11-13-17(25-3)14-12-16/h6-14,20H,4-5H2,1-3H3,(H,21,23)/t20-/m1/s1. The lowest BCUT2D eigenvalue weighted by Gasteiger charge is -2.26. The van der Waals surface area contributed by atoms with E-state index in [2.05, 4.69) is 5.32 Å². The van der Waals surface area contributed by atoms with Crippen molar-refractivity contribution >= 4 is 19.3 Å². The highest BCUT2D eigenvalue weighted by Gasteiger charge is 2.42. The summed E-state index contributed by atoms with van der Waals surface area (Å²) < 4.78 is 29.0. The van der Waals surface area contributed by atoms with E-state index in [-0.39, 0.29) is 18.8 Å². The zero-order valence-corrected chi connectivity index (χ0v) is 17.0. The summed E-state index contributed by atoms with van der Waals surface area (Å²) in [6.45, 7) is 3.41. The maximum atomic E-state index is 13.3. The van der Waals surface area contributed by atoms with E-state index in [1.54, 1.807) is 68.4 Å². The van der Waals surface area contributed by atoms with Gasteiger partial charge in [0.15, 0.2) is 11.6 Å². The molecule has 0 saturated heterocycles. The first-order valence-electron chi connectivity index (χ1n) is 8.88. The number of carbonyl (C=O) groups excluding carboxylic acids is 2. The summed E-state index contributed by atoms with van der Waals surface area (Å²) in [4.78, 5) is 25.8. The van der Waals surface area contributed by atoms with Gasteiger partial charge in [0.2, 0.25) is 0 Å². The Morgan fingerprint density at radius 2 is 1.50 bits per heavy atom. The van der Waals surface area contributed by atoms with E-state index in [1.165, 1.54) is 7.11 Å². The minimum Gasteiger partial charge on any atom is -0.497 e. The Kier molecular flexibility index (Phi) is 7.93. The third kappa shape index (κ3) is 5.29. The number of carbonyl (C=O) groups is 2. The second kappa shape index (κ2) is 10.2. The van der Waals surface area contributed by atoms with Crippen LogP contribution in [0.3, 0.4) is 0 Å². The number of ether oxygens (including phenoxy) is 1. The zero-order valence-electron chi connectivity index (χ0n) is 16.1. The monoisotopic (exact) mass is 405 g/mol. The molecule has 28 heavy (non-hydrogen) atoms. The lowest BCUT2D eigenvalue weighted by atomic mass is 10.1. The maximum absolute atomic E-state index is 13.3. The smallest absolute Gasteiger partial charge is 0.360 e. The summed E-state index contributed by atoms with van der Waals surface area (Å²) in [5.74, 6) is -2.00. The van der Waals surface area contributed by atoms with Crippen LogP contribution in [0, 0.1) is 0 Å². The van der Waals surface area contributed by atoms with Crippen LogP contribution >= 0.6 is 7.60 Å². The summed E-state index contributed by atoms with van der Waals surface area (Å²) >= 11 is 0. The van der Waals surface area contributed by atoms with Crippen molar-refractivity contribution in [2.45, 2.75) is 19.6 Å². The molecule has 0 aliphatic rings. The molecule has 2 aromatic carbocycles. The Morgan fingerprint density at radius 3 is 2.00 bits per heavy atom. The highest BCUT2D eigenvalue weighted by molar-refractivity contribution is 7.55. The molecular weight excluding hydrogens is 381 g/mol. The third-order valence-corrected chi connectivity index (χ3v) is 6.09. The van der Waals surface area contributed by atoms with Crippen molar-refractivity contribution in [2.24, 2.45) is 0 Å². The van der Waals surface area contributed by atoms with E-state index in [1.807, 2.05) is 0 Å². The highest BCUT2D eigenvalue weighted by atomic mass is 31.2. The van der Waals surface area contributed by atoms with E-state index in [4.69, 9.17) is 13.8 Å². The largest absolute Gasteiger partial charge is 0.497 e. The number of benzene rings is 2. The van der Waals surface area contributed by atoms with Gasteiger partial charge in [0.05, 0.1) is 20.3 Å². The molecule has 0 bridgehead atoms. The van der Waals surface area contributed by atoms with Crippen LogP contribution in [0.5, 0.6) is 5.75 Å². The van der Waals surface area contributed by atoms with E-state index in [0.717, 1.165) is 0 Å². The predicted molar refractivity (Wildman–Crippen MR) is 106 cm³/mol. The lowest BCUT2D eigenvalue weighted by Crippen LogP contribution is -2.41. The Labute approximate surface area is 164 Å². The second-order valence-corrected chi connectivity index (χ2v) is 7.82. The van der Waals surface area contributed by atoms with Gasteiger partial charge >= 0.3 is 7.60 Å². The molecule has 2 rings (SSSR count). The number of rotatable bonds is 10. The van der Waals surface area contributed by atoms with Crippen LogP contribution in [0.2, 0.25) is 0 Å². The summed E-state index contributed by atoms with van der Waals surface area (Å²) in [5.41, 5.74) is 0.577. The fourth-order valence-electron chi connectivity index (χ4n) is 2.54. The van der Waals surface area contributed by atoms with Crippen molar-refractivity contribution < 1.29 is 27.9 Å². The average molecular weight is 405 g/mol. The fraction of sp³-hybridized carbons (Fsp3) is 0.300. The summed E-state index contributed by atoms with van der Waals surface area (Å²) in [6, 6.07) is 14.6. The van der Waals surface area contributed by atoms with Crippen LogP contribution in [0.15, 0.2) is 54.6 Å². The highest BCUT2D eigenvalue weighted by Crippen LogP contribution is 2.53. The van der Waals surface area contributed by atoms with Crippen molar-refractivity contribution in [2.75, 3.05) is 20.3 Å². The molecule has 150 valence electrons. The first-order valence-corrected chi connectivity index (χ1v) is 10.5. The minimum absolute atomic E-state index is 0.0637. The summed E-state index contributed by atoms with van der Waals surface area (Å²) in [6.07, 6.45) is 0. The van der Waals surface area contributed by atoms with Gasteiger partial charge in [-0.2, -0.15) is 0 Å². The fourth-order valence-corrected chi connectivity index (χ4v) is 4.35. The molecule has 7 nitrogen and oxygen atoms in total.